The lowest BCUT2D eigenvalue weighted by Crippen LogP contribution is -2.04. The average molecular weight is 223 g/mol. The highest BCUT2D eigenvalue weighted by Crippen LogP contribution is 2.15. The fourth-order valence-corrected chi connectivity index (χ4v) is 1.62. The van der Waals surface area contributed by atoms with Crippen LogP contribution in [0.3, 0.4) is 0 Å². The Labute approximate surface area is 101 Å². The van der Waals surface area contributed by atoms with Gasteiger partial charge in [-0.2, -0.15) is 5.26 Å². The van der Waals surface area contributed by atoms with Gasteiger partial charge in [-0.15, -0.1) is 0 Å². The molecule has 0 spiro atoms. The highest BCUT2D eigenvalue weighted by molar-refractivity contribution is 5.57. The first-order valence-corrected chi connectivity index (χ1v) is 5.45. The van der Waals surface area contributed by atoms with Crippen molar-refractivity contribution < 1.29 is 0 Å². The number of aromatic nitrogens is 1. The van der Waals surface area contributed by atoms with E-state index in [9.17, 15) is 0 Å². The average Bonchev–Trinajstić information content (AvgIpc) is 2.38. The van der Waals surface area contributed by atoms with Crippen molar-refractivity contribution in [3.63, 3.8) is 0 Å². The van der Waals surface area contributed by atoms with Crippen LogP contribution in [0.25, 0.3) is 0 Å². The van der Waals surface area contributed by atoms with Gasteiger partial charge < -0.3 is 5.32 Å². The molecular weight excluding hydrogens is 210 g/mol. The zero-order chi connectivity index (χ0) is 12.1. The van der Waals surface area contributed by atoms with Gasteiger partial charge in [-0.25, -0.2) is 0 Å². The Kier molecular flexibility index (Phi) is 3.37. The lowest BCUT2D eigenvalue weighted by Gasteiger charge is -2.09. The molecule has 0 atom stereocenters. The summed E-state index contributed by atoms with van der Waals surface area (Å²) in [4.78, 5) is 4.30. The maximum absolute atomic E-state index is 8.96. The van der Waals surface area contributed by atoms with E-state index in [1.165, 1.54) is 0 Å². The largest absolute Gasteiger partial charge is 0.378 e. The summed E-state index contributed by atoms with van der Waals surface area (Å²) in [6.45, 7) is 2.66. The van der Waals surface area contributed by atoms with E-state index >= 15 is 0 Å². The van der Waals surface area contributed by atoms with E-state index in [1.807, 2.05) is 37.3 Å². The number of hydrogen-bond acceptors (Lipinski definition) is 3. The molecule has 0 aliphatic rings. The van der Waals surface area contributed by atoms with E-state index < -0.39 is 0 Å². The molecule has 1 aromatic carbocycles. The molecule has 0 radical (unpaired) electrons. The Morgan fingerprint density at radius 2 is 2.06 bits per heavy atom. The number of anilines is 1. The second-order valence-corrected chi connectivity index (χ2v) is 3.78. The lowest BCUT2D eigenvalue weighted by molar-refractivity contribution is 1.02. The van der Waals surface area contributed by atoms with Gasteiger partial charge in [-0.05, 0) is 30.7 Å². The Morgan fingerprint density at radius 3 is 2.82 bits per heavy atom. The SMILES string of the molecule is Cc1cccnc1CNc1ccccc1C#N. The van der Waals surface area contributed by atoms with Crippen LogP contribution < -0.4 is 5.32 Å². The monoisotopic (exact) mass is 223 g/mol. The molecule has 0 fully saturated rings. The minimum atomic E-state index is 0.630. The normalized spacial score (nSPS) is 9.65. The molecule has 17 heavy (non-hydrogen) atoms. The molecule has 0 saturated heterocycles. The lowest BCUT2D eigenvalue weighted by atomic mass is 10.2. The summed E-state index contributed by atoms with van der Waals surface area (Å²) in [5.74, 6) is 0. The molecule has 0 aliphatic heterocycles. The molecule has 84 valence electrons. The van der Waals surface area contributed by atoms with Crippen LogP contribution in [-0.4, -0.2) is 4.98 Å². The third-order valence-electron chi connectivity index (χ3n) is 2.61. The molecule has 1 aromatic heterocycles. The van der Waals surface area contributed by atoms with Crippen LogP contribution in [0.2, 0.25) is 0 Å². The summed E-state index contributed by atoms with van der Waals surface area (Å²) in [5, 5.41) is 12.2. The topological polar surface area (TPSA) is 48.7 Å². The number of nitrogens with one attached hydrogen (secondary N) is 1. The number of aryl methyl sites for hydroxylation is 1. The second kappa shape index (κ2) is 5.13. The molecule has 0 amide bonds. The van der Waals surface area contributed by atoms with Crippen LogP contribution in [-0.2, 0) is 6.54 Å². The predicted molar refractivity (Wildman–Crippen MR) is 67.5 cm³/mol. The Hall–Kier alpha value is -2.34. The first kappa shape index (κ1) is 11.2. The molecule has 1 heterocycles. The van der Waals surface area contributed by atoms with E-state index in [2.05, 4.69) is 16.4 Å². The fraction of sp³-hybridized carbons (Fsp3) is 0.143. The third kappa shape index (κ3) is 2.61. The second-order valence-electron chi connectivity index (χ2n) is 3.78. The molecule has 2 rings (SSSR count). The molecule has 0 bridgehead atoms. The number of para-hydroxylation sites is 1. The number of nitrogens with zero attached hydrogens (tertiary/aromatic N) is 2. The maximum atomic E-state index is 8.96. The summed E-state index contributed by atoms with van der Waals surface area (Å²) in [6, 6.07) is 13.6. The van der Waals surface area contributed by atoms with E-state index in [0.717, 1.165) is 16.9 Å². The molecule has 1 N–H and O–H groups in total. The number of benzene rings is 1. The van der Waals surface area contributed by atoms with Gasteiger partial charge in [-0.3, -0.25) is 4.98 Å². The van der Waals surface area contributed by atoms with E-state index in [4.69, 9.17) is 5.26 Å². The van der Waals surface area contributed by atoms with Crippen molar-refractivity contribution in [1.82, 2.24) is 4.98 Å². The minimum absolute atomic E-state index is 0.630. The van der Waals surface area contributed by atoms with Gasteiger partial charge in [0.2, 0.25) is 0 Å². The van der Waals surface area contributed by atoms with Gasteiger partial charge in [0, 0.05) is 6.20 Å². The molecule has 0 unspecified atom stereocenters. The van der Waals surface area contributed by atoms with Crippen LogP contribution in [0.1, 0.15) is 16.8 Å². The van der Waals surface area contributed by atoms with Crippen molar-refractivity contribution in [3.05, 3.63) is 59.4 Å². The van der Waals surface area contributed by atoms with Gasteiger partial charge >= 0.3 is 0 Å². The Bertz CT molecular complexity index is 555. The third-order valence-corrected chi connectivity index (χ3v) is 2.61. The number of rotatable bonds is 3. The molecule has 2 aromatic rings. The molecule has 3 nitrogen and oxygen atoms in total. The standard InChI is InChI=1S/C14H13N3/c1-11-5-4-8-16-14(11)10-17-13-7-3-2-6-12(13)9-15/h2-8,17H,10H2,1H3. The number of hydrogen-bond donors (Lipinski definition) is 1. The van der Waals surface area contributed by atoms with Crippen LogP contribution in [0.15, 0.2) is 42.6 Å². The first-order chi connectivity index (χ1) is 8.31. The maximum Gasteiger partial charge on any atom is 0.101 e. The molecule has 0 saturated carbocycles. The van der Waals surface area contributed by atoms with Gasteiger partial charge in [0.25, 0.3) is 0 Å². The van der Waals surface area contributed by atoms with Crippen LogP contribution in [0, 0.1) is 18.3 Å². The highest BCUT2D eigenvalue weighted by Gasteiger charge is 2.02. The van der Waals surface area contributed by atoms with Crippen molar-refractivity contribution in [1.29, 1.82) is 5.26 Å². The summed E-state index contributed by atoms with van der Waals surface area (Å²) in [5.41, 5.74) is 3.65. The fourth-order valence-electron chi connectivity index (χ4n) is 1.62. The molecule has 0 aliphatic carbocycles. The van der Waals surface area contributed by atoms with Gasteiger partial charge in [0.15, 0.2) is 0 Å². The summed E-state index contributed by atoms with van der Waals surface area (Å²) >= 11 is 0. The van der Waals surface area contributed by atoms with E-state index in [0.29, 0.717) is 12.1 Å². The van der Waals surface area contributed by atoms with Crippen LogP contribution in [0.4, 0.5) is 5.69 Å². The predicted octanol–water partition coefficient (Wildman–Crippen LogP) is 2.87. The van der Waals surface area contributed by atoms with Crippen molar-refractivity contribution in [2.24, 2.45) is 0 Å². The minimum Gasteiger partial charge on any atom is -0.378 e. The van der Waals surface area contributed by atoms with Crippen molar-refractivity contribution in [3.8, 4) is 6.07 Å². The van der Waals surface area contributed by atoms with Crippen molar-refractivity contribution in [2.75, 3.05) is 5.32 Å². The van der Waals surface area contributed by atoms with Gasteiger partial charge in [-0.1, -0.05) is 18.2 Å². The first-order valence-electron chi connectivity index (χ1n) is 5.45. The summed E-state index contributed by atoms with van der Waals surface area (Å²) < 4.78 is 0. The van der Waals surface area contributed by atoms with Crippen LogP contribution >= 0.6 is 0 Å². The summed E-state index contributed by atoms with van der Waals surface area (Å²) in [6.07, 6.45) is 1.78. The number of pyridine rings is 1. The summed E-state index contributed by atoms with van der Waals surface area (Å²) in [7, 11) is 0. The van der Waals surface area contributed by atoms with Crippen LogP contribution in [0.5, 0.6) is 0 Å². The zero-order valence-corrected chi connectivity index (χ0v) is 9.64. The van der Waals surface area contributed by atoms with E-state index in [1.54, 1.807) is 12.3 Å². The van der Waals surface area contributed by atoms with Crippen molar-refractivity contribution >= 4 is 5.69 Å². The Balaban J connectivity index is 2.13. The van der Waals surface area contributed by atoms with Crippen molar-refractivity contribution in [2.45, 2.75) is 13.5 Å². The Morgan fingerprint density at radius 1 is 1.24 bits per heavy atom. The van der Waals surface area contributed by atoms with E-state index in [-0.39, 0.29) is 0 Å². The number of nitriles is 1. The quantitative estimate of drug-likeness (QED) is 0.870. The van der Waals surface area contributed by atoms with Gasteiger partial charge in [0.1, 0.15) is 6.07 Å². The zero-order valence-electron chi connectivity index (χ0n) is 9.64. The smallest absolute Gasteiger partial charge is 0.101 e. The highest BCUT2D eigenvalue weighted by atomic mass is 14.9. The molecular formula is C14H13N3. The van der Waals surface area contributed by atoms with Gasteiger partial charge in [0.05, 0.1) is 23.5 Å². The molecule has 3 heteroatoms.